The summed E-state index contributed by atoms with van der Waals surface area (Å²) in [4.78, 5) is 0. The minimum Gasteiger partial charge on any atom is -0.497 e. The molecular formula is C18H21NO2. The number of hydrogen-bond donors (Lipinski definition) is 1. The number of ether oxygens (including phenoxy) is 2. The Morgan fingerprint density at radius 3 is 2.62 bits per heavy atom. The molecule has 0 saturated carbocycles. The van der Waals surface area contributed by atoms with E-state index in [-0.39, 0.29) is 6.04 Å². The highest BCUT2D eigenvalue weighted by Crippen LogP contribution is 2.31. The highest BCUT2D eigenvalue weighted by molar-refractivity contribution is 5.40. The first-order valence-corrected chi connectivity index (χ1v) is 7.40. The number of benzene rings is 2. The largest absolute Gasteiger partial charge is 0.497 e. The molecule has 2 aromatic carbocycles. The lowest BCUT2D eigenvalue weighted by molar-refractivity contribution is 0.321. The molecule has 2 N–H and O–H groups in total. The van der Waals surface area contributed by atoms with Crippen LogP contribution in [-0.4, -0.2) is 13.7 Å². The molecule has 0 spiro atoms. The lowest BCUT2D eigenvalue weighted by Gasteiger charge is -2.09. The van der Waals surface area contributed by atoms with Gasteiger partial charge in [-0.15, -0.1) is 0 Å². The maximum atomic E-state index is 6.05. The van der Waals surface area contributed by atoms with Gasteiger partial charge in [0.25, 0.3) is 0 Å². The second-order valence-corrected chi connectivity index (χ2v) is 5.45. The minimum atomic E-state index is 0.202. The monoisotopic (exact) mass is 283 g/mol. The van der Waals surface area contributed by atoms with Crippen LogP contribution in [0.5, 0.6) is 11.5 Å². The Balaban J connectivity index is 1.55. The molecule has 2 aromatic rings. The highest BCUT2D eigenvalue weighted by Gasteiger charge is 2.18. The zero-order valence-electron chi connectivity index (χ0n) is 12.3. The molecule has 0 aromatic heterocycles. The van der Waals surface area contributed by atoms with E-state index in [9.17, 15) is 0 Å². The minimum absolute atomic E-state index is 0.202. The summed E-state index contributed by atoms with van der Waals surface area (Å²) >= 11 is 0. The van der Waals surface area contributed by atoms with Crippen LogP contribution in [-0.2, 0) is 12.8 Å². The van der Waals surface area contributed by atoms with Crippen LogP contribution in [0.4, 0.5) is 0 Å². The van der Waals surface area contributed by atoms with Crippen LogP contribution < -0.4 is 15.2 Å². The molecule has 0 amide bonds. The SMILES string of the molecule is COc1ccc(CCOc2ccc3c(c2)CCC3N)cc1. The number of methoxy groups -OCH3 is 1. The summed E-state index contributed by atoms with van der Waals surface area (Å²) in [6.07, 6.45) is 3.00. The Kier molecular flexibility index (Phi) is 4.11. The fourth-order valence-corrected chi connectivity index (χ4v) is 2.80. The number of rotatable bonds is 5. The lowest BCUT2D eigenvalue weighted by Crippen LogP contribution is -2.05. The molecule has 0 bridgehead atoms. The van der Waals surface area contributed by atoms with Crippen LogP contribution in [0.25, 0.3) is 0 Å². The predicted octanol–water partition coefficient (Wildman–Crippen LogP) is 3.26. The van der Waals surface area contributed by atoms with Gasteiger partial charge < -0.3 is 15.2 Å². The molecule has 3 rings (SSSR count). The van der Waals surface area contributed by atoms with Gasteiger partial charge in [0.2, 0.25) is 0 Å². The topological polar surface area (TPSA) is 44.5 Å². The molecule has 0 radical (unpaired) electrons. The molecule has 0 aliphatic heterocycles. The lowest BCUT2D eigenvalue weighted by atomic mass is 10.1. The van der Waals surface area contributed by atoms with Crippen molar-refractivity contribution in [1.82, 2.24) is 0 Å². The molecule has 3 nitrogen and oxygen atoms in total. The normalized spacial score (nSPS) is 16.6. The van der Waals surface area contributed by atoms with Gasteiger partial charge >= 0.3 is 0 Å². The smallest absolute Gasteiger partial charge is 0.119 e. The van der Waals surface area contributed by atoms with Crippen LogP contribution in [0.2, 0.25) is 0 Å². The third kappa shape index (κ3) is 3.19. The Bertz CT molecular complexity index is 607. The van der Waals surface area contributed by atoms with E-state index in [1.165, 1.54) is 16.7 Å². The average Bonchev–Trinajstić information content (AvgIpc) is 2.89. The Morgan fingerprint density at radius 1 is 1.10 bits per heavy atom. The van der Waals surface area contributed by atoms with Gasteiger partial charge in [0, 0.05) is 12.5 Å². The van der Waals surface area contributed by atoms with Crippen molar-refractivity contribution < 1.29 is 9.47 Å². The van der Waals surface area contributed by atoms with Gasteiger partial charge in [-0.2, -0.15) is 0 Å². The van der Waals surface area contributed by atoms with Crippen LogP contribution >= 0.6 is 0 Å². The van der Waals surface area contributed by atoms with Gasteiger partial charge in [-0.05, 0) is 53.8 Å². The summed E-state index contributed by atoms with van der Waals surface area (Å²) in [6.45, 7) is 0.678. The van der Waals surface area contributed by atoms with Crippen LogP contribution in [0.1, 0.15) is 29.2 Å². The van der Waals surface area contributed by atoms with Crippen molar-refractivity contribution in [2.24, 2.45) is 5.73 Å². The van der Waals surface area contributed by atoms with Crippen molar-refractivity contribution in [1.29, 1.82) is 0 Å². The molecule has 0 heterocycles. The van der Waals surface area contributed by atoms with E-state index in [2.05, 4.69) is 24.3 Å². The summed E-state index contributed by atoms with van der Waals surface area (Å²) in [6, 6.07) is 14.6. The fourth-order valence-electron chi connectivity index (χ4n) is 2.80. The van der Waals surface area contributed by atoms with Crippen molar-refractivity contribution in [3.63, 3.8) is 0 Å². The molecule has 21 heavy (non-hydrogen) atoms. The van der Waals surface area contributed by atoms with Crippen LogP contribution in [0.3, 0.4) is 0 Å². The second-order valence-electron chi connectivity index (χ2n) is 5.45. The molecule has 1 atom stereocenters. The van der Waals surface area contributed by atoms with E-state index in [1.54, 1.807) is 7.11 Å². The third-order valence-corrected chi connectivity index (χ3v) is 4.06. The summed E-state index contributed by atoms with van der Waals surface area (Å²) in [5, 5.41) is 0. The van der Waals surface area contributed by atoms with Gasteiger partial charge in [-0.1, -0.05) is 18.2 Å². The summed E-state index contributed by atoms with van der Waals surface area (Å²) in [5.41, 5.74) is 9.91. The summed E-state index contributed by atoms with van der Waals surface area (Å²) in [5.74, 6) is 1.82. The fraction of sp³-hybridized carbons (Fsp3) is 0.333. The molecular weight excluding hydrogens is 262 g/mol. The van der Waals surface area contributed by atoms with E-state index < -0.39 is 0 Å². The summed E-state index contributed by atoms with van der Waals surface area (Å²) < 4.78 is 11.0. The van der Waals surface area contributed by atoms with Gasteiger partial charge in [0.1, 0.15) is 11.5 Å². The molecule has 1 aliphatic rings. The maximum absolute atomic E-state index is 6.05. The molecule has 0 saturated heterocycles. The number of fused-ring (bicyclic) bond motifs is 1. The predicted molar refractivity (Wildman–Crippen MR) is 83.9 cm³/mol. The zero-order valence-corrected chi connectivity index (χ0v) is 12.3. The van der Waals surface area contributed by atoms with Crippen molar-refractivity contribution in [2.75, 3.05) is 13.7 Å². The first kappa shape index (κ1) is 14.0. The second kappa shape index (κ2) is 6.19. The van der Waals surface area contributed by atoms with Gasteiger partial charge in [-0.3, -0.25) is 0 Å². The Hall–Kier alpha value is -2.00. The van der Waals surface area contributed by atoms with Crippen molar-refractivity contribution in [2.45, 2.75) is 25.3 Å². The number of hydrogen-bond acceptors (Lipinski definition) is 3. The van der Waals surface area contributed by atoms with E-state index >= 15 is 0 Å². The first-order chi connectivity index (χ1) is 10.3. The quantitative estimate of drug-likeness (QED) is 0.916. The summed E-state index contributed by atoms with van der Waals surface area (Å²) in [7, 11) is 1.68. The molecule has 1 unspecified atom stereocenters. The maximum Gasteiger partial charge on any atom is 0.119 e. The molecule has 110 valence electrons. The zero-order chi connectivity index (χ0) is 14.7. The van der Waals surface area contributed by atoms with E-state index in [4.69, 9.17) is 15.2 Å². The average molecular weight is 283 g/mol. The third-order valence-electron chi connectivity index (χ3n) is 4.06. The van der Waals surface area contributed by atoms with E-state index in [0.29, 0.717) is 6.61 Å². The number of aryl methyl sites for hydroxylation is 1. The Labute approximate surface area is 125 Å². The highest BCUT2D eigenvalue weighted by atomic mass is 16.5. The standard InChI is InChI=1S/C18H21NO2/c1-20-15-5-2-13(3-6-15)10-11-21-16-7-8-17-14(12-16)4-9-18(17)19/h2-3,5-8,12,18H,4,9-11,19H2,1H3. The van der Waals surface area contributed by atoms with Gasteiger partial charge in [0.15, 0.2) is 0 Å². The molecule has 3 heteroatoms. The van der Waals surface area contributed by atoms with E-state index in [1.807, 2.05) is 18.2 Å². The van der Waals surface area contributed by atoms with Crippen LogP contribution in [0, 0.1) is 0 Å². The van der Waals surface area contributed by atoms with Crippen molar-refractivity contribution >= 4 is 0 Å². The van der Waals surface area contributed by atoms with Gasteiger partial charge in [0.05, 0.1) is 13.7 Å². The van der Waals surface area contributed by atoms with Gasteiger partial charge in [-0.25, -0.2) is 0 Å². The van der Waals surface area contributed by atoms with Crippen molar-refractivity contribution in [3.8, 4) is 11.5 Å². The van der Waals surface area contributed by atoms with Crippen LogP contribution in [0.15, 0.2) is 42.5 Å². The van der Waals surface area contributed by atoms with Crippen molar-refractivity contribution in [3.05, 3.63) is 59.2 Å². The van der Waals surface area contributed by atoms with E-state index in [0.717, 1.165) is 30.8 Å². The first-order valence-electron chi connectivity index (χ1n) is 7.40. The Morgan fingerprint density at radius 2 is 1.86 bits per heavy atom. The number of nitrogens with two attached hydrogens (primary N) is 1. The molecule has 1 aliphatic carbocycles. The molecule has 0 fully saturated rings.